The van der Waals surface area contributed by atoms with Crippen molar-refractivity contribution in [1.29, 1.82) is 0 Å². The van der Waals surface area contributed by atoms with Gasteiger partial charge in [-0.05, 0) is 42.9 Å². The van der Waals surface area contributed by atoms with Crippen molar-refractivity contribution < 1.29 is 23.7 Å². The van der Waals surface area contributed by atoms with Gasteiger partial charge in [0.2, 0.25) is 6.79 Å². The first-order valence-corrected chi connectivity index (χ1v) is 13.2. The van der Waals surface area contributed by atoms with Crippen LogP contribution in [0.4, 0.5) is 0 Å². The van der Waals surface area contributed by atoms with E-state index in [9.17, 15) is 4.79 Å². The number of hydrogen-bond donors (Lipinski definition) is 0. The Morgan fingerprint density at radius 3 is 2.74 bits per heavy atom. The van der Waals surface area contributed by atoms with Crippen molar-refractivity contribution in [3.63, 3.8) is 0 Å². The van der Waals surface area contributed by atoms with Gasteiger partial charge in [0.15, 0.2) is 11.5 Å². The van der Waals surface area contributed by atoms with E-state index in [1.54, 1.807) is 0 Å². The second kappa shape index (κ2) is 7.58. The molecule has 0 aromatic heterocycles. The van der Waals surface area contributed by atoms with E-state index in [2.05, 4.69) is 35.8 Å². The molecule has 4 aliphatic heterocycles. The molecule has 2 saturated carbocycles. The molecule has 7 nitrogen and oxygen atoms in total. The molecule has 5 fully saturated rings. The maximum Gasteiger partial charge on any atom is 0.311 e. The van der Waals surface area contributed by atoms with E-state index in [1.807, 2.05) is 6.07 Å². The number of carbonyl (C=O) groups is 1. The standard InChI is InChI=1S/C27H36N2O5/c1-17-4-3-7-26(2)13-22-23(24-27(17,26)34-24)19(25(30)33-22)15-29-10-8-28(9-11-29)14-18-5-6-20-21(12-18)32-16-31-20/h5-6,12,17,19,22-24H,3-4,7-11,13-16H2,1-2H3/t17-,19?,22+,23+,24-,26+,27-/m0/s1. The molecule has 1 aromatic rings. The molecule has 0 radical (unpaired) electrons. The lowest BCUT2D eigenvalue weighted by atomic mass is 9.53. The summed E-state index contributed by atoms with van der Waals surface area (Å²) < 4.78 is 23.6. The van der Waals surface area contributed by atoms with Crippen molar-refractivity contribution in [1.82, 2.24) is 9.80 Å². The van der Waals surface area contributed by atoms with Crippen LogP contribution in [0, 0.1) is 23.2 Å². The number of rotatable bonds is 4. The molecule has 3 saturated heterocycles. The molecule has 1 spiro atoms. The first-order valence-electron chi connectivity index (χ1n) is 13.2. The molecule has 2 aliphatic carbocycles. The third-order valence-electron chi connectivity index (χ3n) is 9.96. The molecule has 7 rings (SSSR count). The summed E-state index contributed by atoms with van der Waals surface area (Å²) in [5.41, 5.74) is 1.40. The smallest absolute Gasteiger partial charge is 0.311 e. The number of carbonyl (C=O) groups excluding carboxylic acids is 1. The van der Waals surface area contributed by atoms with E-state index < -0.39 is 0 Å². The second-order valence-electron chi connectivity index (χ2n) is 11.8. The molecule has 0 N–H and O–H groups in total. The quantitative estimate of drug-likeness (QED) is 0.497. The molecule has 7 heteroatoms. The fourth-order valence-corrected chi connectivity index (χ4v) is 8.15. The summed E-state index contributed by atoms with van der Waals surface area (Å²) in [5, 5.41) is 0. The van der Waals surface area contributed by atoms with Gasteiger partial charge in [0.05, 0.1) is 12.0 Å². The number of epoxide rings is 1. The maximum atomic E-state index is 13.0. The predicted octanol–water partition coefficient (Wildman–Crippen LogP) is 3.06. The summed E-state index contributed by atoms with van der Waals surface area (Å²) in [4.78, 5) is 18.0. The number of nitrogens with zero attached hydrogens (tertiary/aromatic N) is 2. The van der Waals surface area contributed by atoms with Crippen LogP contribution in [0.15, 0.2) is 18.2 Å². The fourth-order valence-electron chi connectivity index (χ4n) is 8.15. The molecule has 6 aliphatic rings. The predicted molar refractivity (Wildman–Crippen MR) is 124 cm³/mol. The van der Waals surface area contributed by atoms with Gasteiger partial charge in [0.25, 0.3) is 0 Å². The van der Waals surface area contributed by atoms with Crippen molar-refractivity contribution in [3.05, 3.63) is 23.8 Å². The third kappa shape index (κ3) is 3.09. The average molecular weight is 469 g/mol. The summed E-state index contributed by atoms with van der Waals surface area (Å²) in [5.74, 6) is 2.46. The van der Waals surface area contributed by atoms with Gasteiger partial charge in [-0.3, -0.25) is 14.6 Å². The lowest BCUT2D eigenvalue weighted by Crippen LogP contribution is -2.55. The number of piperazine rings is 1. The Kier molecular flexibility index (Phi) is 4.78. The first-order chi connectivity index (χ1) is 16.5. The lowest BCUT2D eigenvalue weighted by molar-refractivity contribution is -0.146. The minimum absolute atomic E-state index is 0.0119. The van der Waals surface area contributed by atoms with Gasteiger partial charge in [-0.1, -0.05) is 26.3 Å². The van der Waals surface area contributed by atoms with Crippen LogP contribution in [0.3, 0.4) is 0 Å². The minimum Gasteiger partial charge on any atom is -0.462 e. The minimum atomic E-state index is -0.0477. The molecular formula is C27H36N2O5. The van der Waals surface area contributed by atoms with Crippen LogP contribution in [0.25, 0.3) is 0 Å². The van der Waals surface area contributed by atoms with Crippen molar-refractivity contribution >= 4 is 5.97 Å². The molecule has 1 unspecified atom stereocenters. The zero-order valence-corrected chi connectivity index (χ0v) is 20.3. The zero-order valence-electron chi connectivity index (χ0n) is 20.3. The number of benzene rings is 1. The summed E-state index contributed by atoms with van der Waals surface area (Å²) in [6.45, 7) is 10.8. The third-order valence-corrected chi connectivity index (χ3v) is 9.96. The van der Waals surface area contributed by atoms with Crippen molar-refractivity contribution in [2.45, 2.75) is 63.9 Å². The van der Waals surface area contributed by atoms with E-state index in [1.165, 1.54) is 24.8 Å². The highest BCUT2D eigenvalue weighted by molar-refractivity contribution is 5.76. The molecule has 1 aromatic carbocycles. The van der Waals surface area contributed by atoms with Crippen LogP contribution in [0.2, 0.25) is 0 Å². The van der Waals surface area contributed by atoms with Crippen LogP contribution in [-0.4, -0.2) is 73.1 Å². The number of fused-ring (bicyclic) bond motifs is 3. The number of esters is 1. The van der Waals surface area contributed by atoms with Gasteiger partial charge < -0.3 is 18.9 Å². The maximum absolute atomic E-state index is 13.0. The fraction of sp³-hybridized carbons (Fsp3) is 0.741. The first kappa shape index (κ1) is 21.5. The molecular weight excluding hydrogens is 432 g/mol. The van der Waals surface area contributed by atoms with Gasteiger partial charge >= 0.3 is 5.97 Å². The number of hydrogen-bond acceptors (Lipinski definition) is 7. The summed E-state index contributed by atoms with van der Waals surface area (Å²) in [7, 11) is 0. The highest BCUT2D eigenvalue weighted by Crippen LogP contribution is 2.70. The van der Waals surface area contributed by atoms with Gasteiger partial charge in [-0.2, -0.15) is 0 Å². The van der Waals surface area contributed by atoms with Crippen LogP contribution in [-0.2, 0) is 20.8 Å². The van der Waals surface area contributed by atoms with Crippen LogP contribution in [0.1, 0.15) is 45.1 Å². The average Bonchev–Trinajstić information content (AvgIpc) is 3.28. The molecule has 0 bridgehead atoms. The van der Waals surface area contributed by atoms with E-state index in [0.29, 0.717) is 12.7 Å². The van der Waals surface area contributed by atoms with Crippen molar-refractivity contribution in [2.24, 2.45) is 23.2 Å². The normalized spacial score (nSPS) is 43.1. The molecule has 34 heavy (non-hydrogen) atoms. The summed E-state index contributed by atoms with van der Waals surface area (Å²) >= 11 is 0. The molecule has 4 heterocycles. The molecule has 184 valence electrons. The van der Waals surface area contributed by atoms with Crippen LogP contribution >= 0.6 is 0 Å². The Morgan fingerprint density at radius 2 is 1.88 bits per heavy atom. The SMILES string of the molecule is C[C@H]1CCC[C@]2(C)C[C@H]3OC(=O)C(CN4CCN(Cc5ccc6c(c5)OCO6)CC4)[C@H]3[C@@H]3O[C@@]132. The van der Waals surface area contributed by atoms with Crippen molar-refractivity contribution in [3.8, 4) is 11.5 Å². The van der Waals surface area contributed by atoms with E-state index in [0.717, 1.165) is 57.2 Å². The van der Waals surface area contributed by atoms with E-state index in [-0.39, 0.29) is 41.0 Å². The Labute approximate surface area is 201 Å². The Morgan fingerprint density at radius 1 is 1.09 bits per heavy atom. The Bertz CT molecular complexity index is 993. The van der Waals surface area contributed by atoms with Crippen LogP contribution in [0.5, 0.6) is 11.5 Å². The summed E-state index contributed by atoms with van der Waals surface area (Å²) in [6.07, 6.45) is 4.93. The highest BCUT2D eigenvalue weighted by atomic mass is 16.7. The monoisotopic (exact) mass is 468 g/mol. The summed E-state index contributed by atoms with van der Waals surface area (Å²) in [6, 6.07) is 6.23. The zero-order chi connectivity index (χ0) is 23.1. The van der Waals surface area contributed by atoms with Crippen molar-refractivity contribution in [2.75, 3.05) is 39.5 Å². The van der Waals surface area contributed by atoms with Gasteiger partial charge in [-0.25, -0.2) is 0 Å². The van der Waals surface area contributed by atoms with Gasteiger partial charge in [-0.15, -0.1) is 0 Å². The Hall–Kier alpha value is -1.83. The highest BCUT2D eigenvalue weighted by Gasteiger charge is 2.78. The second-order valence-corrected chi connectivity index (χ2v) is 11.8. The molecule has 7 atom stereocenters. The number of ether oxygens (including phenoxy) is 4. The van der Waals surface area contributed by atoms with E-state index >= 15 is 0 Å². The van der Waals surface area contributed by atoms with E-state index in [4.69, 9.17) is 18.9 Å². The largest absolute Gasteiger partial charge is 0.462 e. The van der Waals surface area contributed by atoms with Gasteiger partial charge in [0, 0.05) is 50.6 Å². The Balaban J connectivity index is 0.989. The topological polar surface area (TPSA) is 63.8 Å². The lowest BCUT2D eigenvalue weighted by Gasteiger charge is -2.49. The van der Waals surface area contributed by atoms with Crippen LogP contribution < -0.4 is 9.47 Å². The van der Waals surface area contributed by atoms with Gasteiger partial charge in [0.1, 0.15) is 11.7 Å². The molecule has 0 amide bonds.